The van der Waals surface area contributed by atoms with Crippen molar-refractivity contribution in [2.24, 2.45) is 5.73 Å². The minimum absolute atomic E-state index is 0.0175. The van der Waals surface area contributed by atoms with Crippen molar-refractivity contribution in [3.63, 3.8) is 0 Å². The number of halogens is 1. The fourth-order valence-electron chi connectivity index (χ4n) is 2.93. The molecule has 0 aliphatic rings. The molecule has 1 aromatic carbocycles. The molecule has 1 atom stereocenters. The molecule has 0 aliphatic carbocycles. The van der Waals surface area contributed by atoms with E-state index >= 15 is 0 Å². The van der Waals surface area contributed by atoms with Crippen LogP contribution in [0.4, 0.5) is 5.69 Å². The summed E-state index contributed by atoms with van der Waals surface area (Å²) in [6.07, 6.45) is 3.20. The van der Waals surface area contributed by atoms with Crippen molar-refractivity contribution in [2.75, 3.05) is 18.4 Å². The molecule has 0 radical (unpaired) electrons. The van der Waals surface area contributed by atoms with Crippen molar-refractivity contribution in [3.8, 4) is 0 Å². The maximum atomic E-state index is 12.8. The Labute approximate surface area is 158 Å². The van der Waals surface area contributed by atoms with Gasteiger partial charge in [-0.2, -0.15) is 0 Å². The molecule has 0 fully saturated rings. The summed E-state index contributed by atoms with van der Waals surface area (Å²) >= 11 is 6.11. The molecule has 1 heterocycles. The quantitative estimate of drug-likeness (QED) is 0.738. The van der Waals surface area contributed by atoms with Crippen LogP contribution in [0.2, 0.25) is 5.02 Å². The zero-order chi connectivity index (χ0) is 19.3. The molecule has 7 heteroatoms. The Bertz CT molecular complexity index is 803. The number of aromatic nitrogens is 1. The number of nitrogens with zero attached hydrogens (tertiary/aromatic N) is 2. The van der Waals surface area contributed by atoms with Crippen LogP contribution in [-0.4, -0.2) is 40.8 Å². The summed E-state index contributed by atoms with van der Waals surface area (Å²) in [6, 6.07) is 4.69. The molecule has 2 amide bonds. The SMILES string of the molecule is CCCN(CCC)C(=O)C(C)Nc1c(C(N)=O)cnc2ccc(Cl)cc12. The van der Waals surface area contributed by atoms with E-state index in [4.69, 9.17) is 17.3 Å². The third kappa shape index (κ3) is 4.43. The lowest BCUT2D eigenvalue weighted by atomic mass is 10.1. The van der Waals surface area contributed by atoms with Crippen LogP contribution in [0.25, 0.3) is 10.9 Å². The summed E-state index contributed by atoms with van der Waals surface area (Å²) in [4.78, 5) is 30.8. The molecule has 140 valence electrons. The fraction of sp³-hybridized carbons (Fsp3) is 0.421. The number of rotatable bonds is 8. The monoisotopic (exact) mass is 376 g/mol. The van der Waals surface area contributed by atoms with Gasteiger partial charge in [-0.15, -0.1) is 0 Å². The summed E-state index contributed by atoms with van der Waals surface area (Å²) in [7, 11) is 0. The van der Waals surface area contributed by atoms with Gasteiger partial charge in [0.25, 0.3) is 5.91 Å². The van der Waals surface area contributed by atoms with E-state index in [1.54, 1.807) is 25.1 Å². The minimum Gasteiger partial charge on any atom is -0.373 e. The largest absolute Gasteiger partial charge is 0.373 e. The average Bonchev–Trinajstić information content (AvgIpc) is 2.61. The van der Waals surface area contributed by atoms with Gasteiger partial charge in [0, 0.05) is 29.7 Å². The third-order valence-electron chi connectivity index (χ3n) is 4.13. The molecule has 6 nitrogen and oxygen atoms in total. The van der Waals surface area contributed by atoms with E-state index in [-0.39, 0.29) is 11.5 Å². The maximum absolute atomic E-state index is 12.8. The van der Waals surface area contributed by atoms with E-state index in [9.17, 15) is 9.59 Å². The third-order valence-corrected chi connectivity index (χ3v) is 4.36. The predicted molar refractivity (Wildman–Crippen MR) is 106 cm³/mol. The molecule has 3 N–H and O–H groups in total. The first-order chi connectivity index (χ1) is 12.4. The molecular formula is C19H25ClN4O2. The number of benzene rings is 1. The van der Waals surface area contributed by atoms with Crippen LogP contribution >= 0.6 is 11.6 Å². The molecule has 0 saturated heterocycles. The second-order valence-corrected chi connectivity index (χ2v) is 6.70. The first-order valence-electron chi connectivity index (χ1n) is 8.82. The summed E-state index contributed by atoms with van der Waals surface area (Å²) in [5.41, 5.74) is 6.89. The van der Waals surface area contributed by atoms with Gasteiger partial charge < -0.3 is 16.0 Å². The molecule has 0 spiro atoms. The van der Waals surface area contributed by atoms with Gasteiger partial charge in [-0.3, -0.25) is 14.6 Å². The van der Waals surface area contributed by atoms with Crippen molar-refractivity contribution in [2.45, 2.75) is 39.7 Å². The molecule has 2 rings (SSSR count). The van der Waals surface area contributed by atoms with Crippen LogP contribution in [0.3, 0.4) is 0 Å². The molecule has 0 saturated carbocycles. The molecule has 1 aromatic heterocycles. The van der Waals surface area contributed by atoms with Crippen LogP contribution < -0.4 is 11.1 Å². The maximum Gasteiger partial charge on any atom is 0.252 e. The topological polar surface area (TPSA) is 88.3 Å². The van der Waals surface area contributed by atoms with Crippen molar-refractivity contribution < 1.29 is 9.59 Å². The summed E-state index contributed by atoms with van der Waals surface area (Å²) in [5, 5.41) is 4.34. The van der Waals surface area contributed by atoms with Crippen LogP contribution in [-0.2, 0) is 4.79 Å². The number of fused-ring (bicyclic) bond motifs is 1. The number of primary amides is 1. The lowest BCUT2D eigenvalue weighted by Crippen LogP contribution is -2.42. The van der Waals surface area contributed by atoms with E-state index in [1.807, 2.05) is 18.7 Å². The normalized spacial score (nSPS) is 12.0. The van der Waals surface area contributed by atoms with E-state index in [0.29, 0.717) is 34.7 Å². The first kappa shape index (κ1) is 20.0. The number of hydrogen-bond acceptors (Lipinski definition) is 4. The van der Waals surface area contributed by atoms with E-state index in [0.717, 1.165) is 12.8 Å². The number of amides is 2. The van der Waals surface area contributed by atoms with Crippen LogP contribution in [0.1, 0.15) is 44.0 Å². The smallest absolute Gasteiger partial charge is 0.252 e. The number of carbonyl (C=O) groups is 2. The van der Waals surface area contributed by atoms with Gasteiger partial charge >= 0.3 is 0 Å². The van der Waals surface area contributed by atoms with Gasteiger partial charge in [-0.1, -0.05) is 25.4 Å². The number of nitrogens with two attached hydrogens (primary N) is 1. The zero-order valence-electron chi connectivity index (χ0n) is 15.4. The molecule has 0 bridgehead atoms. The average molecular weight is 377 g/mol. The van der Waals surface area contributed by atoms with Gasteiger partial charge in [0.05, 0.1) is 16.8 Å². The van der Waals surface area contributed by atoms with Crippen molar-refractivity contribution >= 4 is 40.0 Å². The minimum atomic E-state index is -0.611. The van der Waals surface area contributed by atoms with Crippen LogP contribution in [0.15, 0.2) is 24.4 Å². The molecule has 1 unspecified atom stereocenters. The highest BCUT2D eigenvalue weighted by Gasteiger charge is 2.22. The zero-order valence-corrected chi connectivity index (χ0v) is 16.1. The van der Waals surface area contributed by atoms with Gasteiger partial charge in [0.1, 0.15) is 6.04 Å². The fourth-order valence-corrected chi connectivity index (χ4v) is 3.10. The Balaban J connectivity index is 2.41. The highest BCUT2D eigenvalue weighted by Crippen LogP contribution is 2.29. The Hall–Kier alpha value is -2.34. The van der Waals surface area contributed by atoms with Crippen molar-refractivity contribution in [3.05, 3.63) is 35.0 Å². The molecular weight excluding hydrogens is 352 g/mol. The Kier molecular flexibility index (Phi) is 6.80. The number of nitrogens with one attached hydrogen (secondary N) is 1. The number of carbonyl (C=O) groups excluding carboxylic acids is 2. The second kappa shape index (κ2) is 8.85. The lowest BCUT2D eigenvalue weighted by Gasteiger charge is -2.26. The Morgan fingerprint density at radius 1 is 1.27 bits per heavy atom. The van der Waals surface area contributed by atoms with Gasteiger partial charge in [-0.25, -0.2) is 0 Å². The van der Waals surface area contributed by atoms with Gasteiger partial charge in [0.2, 0.25) is 5.91 Å². The highest BCUT2D eigenvalue weighted by molar-refractivity contribution is 6.31. The standard InChI is InChI=1S/C19H25ClN4O2/c1-4-8-24(9-5-2)19(26)12(3)23-17-14-10-13(20)6-7-16(14)22-11-15(17)18(21)25/h6-7,10-12H,4-5,8-9H2,1-3H3,(H2,21,25)(H,22,23). The molecule has 2 aromatic rings. The number of anilines is 1. The molecule has 0 aliphatic heterocycles. The van der Waals surface area contributed by atoms with Crippen LogP contribution in [0.5, 0.6) is 0 Å². The number of hydrogen-bond donors (Lipinski definition) is 2. The van der Waals surface area contributed by atoms with Gasteiger partial charge in [-0.05, 0) is 38.0 Å². The summed E-state index contributed by atoms with van der Waals surface area (Å²) < 4.78 is 0. The highest BCUT2D eigenvalue weighted by atomic mass is 35.5. The summed E-state index contributed by atoms with van der Waals surface area (Å²) in [5.74, 6) is -0.628. The predicted octanol–water partition coefficient (Wildman–Crippen LogP) is 3.44. The Morgan fingerprint density at radius 2 is 1.92 bits per heavy atom. The molecule has 26 heavy (non-hydrogen) atoms. The van der Waals surface area contributed by atoms with E-state index in [1.165, 1.54) is 6.20 Å². The Morgan fingerprint density at radius 3 is 2.50 bits per heavy atom. The number of pyridine rings is 1. The van der Waals surface area contributed by atoms with Gasteiger partial charge in [0.15, 0.2) is 0 Å². The van der Waals surface area contributed by atoms with Crippen molar-refractivity contribution in [1.82, 2.24) is 9.88 Å². The van der Waals surface area contributed by atoms with Crippen molar-refractivity contribution in [1.29, 1.82) is 0 Å². The second-order valence-electron chi connectivity index (χ2n) is 6.26. The van der Waals surface area contributed by atoms with Crippen LogP contribution in [0, 0.1) is 0 Å². The summed E-state index contributed by atoms with van der Waals surface area (Å²) in [6.45, 7) is 7.26. The van der Waals surface area contributed by atoms with E-state index < -0.39 is 11.9 Å². The first-order valence-corrected chi connectivity index (χ1v) is 9.20. The lowest BCUT2D eigenvalue weighted by molar-refractivity contribution is -0.131. The van der Waals surface area contributed by atoms with E-state index in [2.05, 4.69) is 10.3 Å².